The summed E-state index contributed by atoms with van der Waals surface area (Å²) in [5.74, 6) is 0.0691. The molecule has 136 valence electrons. The van der Waals surface area contributed by atoms with E-state index in [-0.39, 0.29) is 23.0 Å². The molecule has 0 radical (unpaired) electrons. The standard InChI is InChI=1S/C19H15ClN4O2S/c1-2-12-24-17(13-21)18(14-8-10-15(20)11-9-14)19(22-24)23-27(25,26)16-6-4-3-5-7-16/h2-11H,1,12H2,(H,22,23). The van der Waals surface area contributed by atoms with Crippen LogP contribution in [-0.4, -0.2) is 18.2 Å². The first kappa shape index (κ1) is 18.7. The zero-order chi connectivity index (χ0) is 19.4. The summed E-state index contributed by atoms with van der Waals surface area (Å²) >= 11 is 5.94. The van der Waals surface area contributed by atoms with Gasteiger partial charge in [0.25, 0.3) is 10.0 Å². The first-order valence-corrected chi connectivity index (χ1v) is 9.78. The van der Waals surface area contributed by atoms with Crippen molar-refractivity contribution in [2.24, 2.45) is 0 Å². The predicted molar refractivity (Wildman–Crippen MR) is 105 cm³/mol. The molecule has 0 atom stereocenters. The van der Waals surface area contributed by atoms with E-state index in [1.807, 2.05) is 0 Å². The van der Waals surface area contributed by atoms with Gasteiger partial charge < -0.3 is 0 Å². The molecule has 0 fully saturated rings. The minimum Gasteiger partial charge on any atom is -0.261 e. The molecular formula is C19H15ClN4O2S. The summed E-state index contributed by atoms with van der Waals surface area (Å²) in [6.45, 7) is 3.91. The van der Waals surface area contributed by atoms with Crippen molar-refractivity contribution in [2.45, 2.75) is 11.4 Å². The largest absolute Gasteiger partial charge is 0.263 e. The van der Waals surface area contributed by atoms with Gasteiger partial charge in [0.15, 0.2) is 5.82 Å². The van der Waals surface area contributed by atoms with E-state index in [0.717, 1.165) is 0 Å². The highest BCUT2D eigenvalue weighted by Gasteiger charge is 2.23. The monoisotopic (exact) mass is 398 g/mol. The lowest BCUT2D eigenvalue weighted by atomic mass is 10.1. The van der Waals surface area contributed by atoms with Gasteiger partial charge in [-0.2, -0.15) is 10.4 Å². The molecule has 27 heavy (non-hydrogen) atoms. The molecule has 0 spiro atoms. The molecule has 8 heteroatoms. The maximum atomic E-state index is 12.7. The fourth-order valence-electron chi connectivity index (χ4n) is 2.58. The number of benzene rings is 2. The minimum absolute atomic E-state index is 0.0691. The maximum absolute atomic E-state index is 12.7. The van der Waals surface area contributed by atoms with Crippen molar-refractivity contribution in [3.8, 4) is 17.2 Å². The number of hydrogen-bond donors (Lipinski definition) is 1. The van der Waals surface area contributed by atoms with Crippen molar-refractivity contribution in [1.82, 2.24) is 9.78 Å². The van der Waals surface area contributed by atoms with Crippen LogP contribution in [0.15, 0.2) is 72.1 Å². The summed E-state index contributed by atoms with van der Waals surface area (Å²) < 4.78 is 29.3. The van der Waals surface area contributed by atoms with Crippen LogP contribution >= 0.6 is 11.6 Å². The third kappa shape index (κ3) is 3.87. The Bertz CT molecular complexity index is 1120. The van der Waals surface area contributed by atoms with Crippen LogP contribution in [0.2, 0.25) is 5.02 Å². The second-order valence-electron chi connectivity index (χ2n) is 5.58. The molecule has 0 unspecified atom stereocenters. The summed E-state index contributed by atoms with van der Waals surface area (Å²) in [6.07, 6.45) is 1.58. The highest BCUT2D eigenvalue weighted by molar-refractivity contribution is 7.92. The number of halogens is 1. The molecule has 1 N–H and O–H groups in total. The number of hydrogen-bond acceptors (Lipinski definition) is 4. The molecule has 0 saturated carbocycles. The fourth-order valence-corrected chi connectivity index (χ4v) is 3.73. The molecule has 1 aromatic heterocycles. The Labute approximate surface area is 162 Å². The van der Waals surface area contributed by atoms with Crippen LogP contribution < -0.4 is 4.72 Å². The zero-order valence-corrected chi connectivity index (χ0v) is 15.7. The van der Waals surface area contributed by atoms with Gasteiger partial charge in [-0.3, -0.25) is 4.72 Å². The highest BCUT2D eigenvalue weighted by Crippen LogP contribution is 2.33. The average Bonchev–Trinajstić information content (AvgIpc) is 2.99. The molecule has 0 aliphatic rings. The minimum atomic E-state index is -3.87. The van der Waals surface area contributed by atoms with Crippen LogP contribution in [0.3, 0.4) is 0 Å². The van der Waals surface area contributed by atoms with Gasteiger partial charge in [-0.1, -0.05) is 48.0 Å². The highest BCUT2D eigenvalue weighted by atomic mass is 35.5. The van der Waals surface area contributed by atoms with E-state index in [2.05, 4.69) is 22.5 Å². The smallest absolute Gasteiger partial charge is 0.261 e. The van der Waals surface area contributed by atoms with Crippen LogP contribution in [0.1, 0.15) is 5.69 Å². The summed E-state index contributed by atoms with van der Waals surface area (Å²) in [4.78, 5) is 0.101. The second-order valence-corrected chi connectivity index (χ2v) is 7.70. The Kier molecular flexibility index (Phi) is 5.31. The molecular weight excluding hydrogens is 384 g/mol. The van der Waals surface area contributed by atoms with Gasteiger partial charge in [0.1, 0.15) is 11.8 Å². The number of allylic oxidation sites excluding steroid dienone is 1. The molecule has 2 aromatic carbocycles. The van der Waals surface area contributed by atoms with Crippen LogP contribution in [-0.2, 0) is 16.6 Å². The molecule has 0 saturated heterocycles. The van der Waals surface area contributed by atoms with E-state index in [1.54, 1.807) is 48.5 Å². The van der Waals surface area contributed by atoms with Crippen LogP contribution in [0.5, 0.6) is 0 Å². The number of rotatable bonds is 6. The first-order valence-electron chi connectivity index (χ1n) is 7.92. The van der Waals surface area contributed by atoms with Crippen LogP contribution in [0.4, 0.5) is 5.82 Å². The third-order valence-corrected chi connectivity index (χ3v) is 5.38. The molecule has 6 nitrogen and oxygen atoms in total. The molecule has 3 rings (SSSR count). The van der Waals surface area contributed by atoms with E-state index < -0.39 is 10.0 Å². The average molecular weight is 399 g/mol. The number of aromatic nitrogens is 2. The van der Waals surface area contributed by atoms with Gasteiger partial charge in [0, 0.05) is 5.02 Å². The van der Waals surface area contributed by atoms with Crippen molar-refractivity contribution in [3.05, 3.63) is 78.0 Å². The fraction of sp³-hybridized carbons (Fsp3) is 0.0526. The van der Waals surface area contributed by atoms with Crippen molar-refractivity contribution in [3.63, 3.8) is 0 Å². The number of anilines is 1. The quantitative estimate of drug-likeness (QED) is 0.634. The number of nitriles is 1. The normalized spacial score (nSPS) is 11.0. The van der Waals surface area contributed by atoms with E-state index in [0.29, 0.717) is 16.1 Å². The van der Waals surface area contributed by atoms with Crippen LogP contribution in [0.25, 0.3) is 11.1 Å². The molecule has 0 aliphatic carbocycles. The van der Waals surface area contributed by atoms with Crippen molar-refractivity contribution >= 4 is 27.4 Å². The lowest BCUT2D eigenvalue weighted by Gasteiger charge is -2.08. The Hall–Kier alpha value is -3.08. The summed E-state index contributed by atoms with van der Waals surface area (Å²) in [6, 6.07) is 16.8. The van der Waals surface area contributed by atoms with Crippen molar-refractivity contribution < 1.29 is 8.42 Å². The van der Waals surface area contributed by atoms with Gasteiger partial charge in [-0.15, -0.1) is 6.58 Å². The lowest BCUT2D eigenvalue weighted by Crippen LogP contribution is -2.14. The van der Waals surface area contributed by atoms with Gasteiger partial charge in [0.05, 0.1) is 17.0 Å². The molecule has 3 aromatic rings. The number of sulfonamides is 1. The summed E-state index contributed by atoms with van der Waals surface area (Å²) in [5, 5.41) is 14.4. The Morgan fingerprint density at radius 3 is 2.44 bits per heavy atom. The number of nitrogens with zero attached hydrogens (tertiary/aromatic N) is 3. The Morgan fingerprint density at radius 1 is 1.19 bits per heavy atom. The Balaban J connectivity index is 2.16. The summed E-state index contributed by atoms with van der Waals surface area (Å²) in [5.41, 5.74) is 1.23. The van der Waals surface area contributed by atoms with Gasteiger partial charge in [-0.25, -0.2) is 13.1 Å². The molecule has 1 heterocycles. The summed E-state index contributed by atoms with van der Waals surface area (Å²) in [7, 11) is -3.87. The lowest BCUT2D eigenvalue weighted by molar-refractivity contribution is 0.600. The van der Waals surface area contributed by atoms with E-state index in [1.165, 1.54) is 16.8 Å². The number of nitrogens with one attached hydrogen (secondary N) is 1. The van der Waals surface area contributed by atoms with Crippen LogP contribution in [0, 0.1) is 11.3 Å². The topological polar surface area (TPSA) is 87.8 Å². The van der Waals surface area contributed by atoms with Crippen molar-refractivity contribution in [2.75, 3.05) is 4.72 Å². The molecule has 0 aliphatic heterocycles. The third-order valence-electron chi connectivity index (χ3n) is 3.78. The SMILES string of the molecule is C=CCn1nc(NS(=O)(=O)c2ccccc2)c(-c2ccc(Cl)cc2)c1C#N. The predicted octanol–water partition coefficient (Wildman–Crippen LogP) is 4.06. The van der Waals surface area contributed by atoms with Gasteiger partial charge in [0.2, 0.25) is 0 Å². The van der Waals surface area contributed by atoms with Gasteiger partial charge in [-0.05, 0) is 29.8 Å². The molecule has 0 amide bonds. The second kappa shape index (κ2) is 7.66. The first-order chi connectivity index (χ1) is 13.0. The van der Waals surface area contributed by atoms with E-state index in [4.69, 9.17) is 11.6 Å². The zero-order valence-electron chi connectivity index (χ0n) is 14.1. The molecule has 0 bridgehead atoms. The van der Waals surface area contributed by atoms with Crippen molar-refractivity contribution in [1.29, 1.82) is 5.26 Å². The van der Waals surface area contributed by atoms with Gasteiger partial charge >= 0.3 is 0 Å². The Morgan fingerprint density at radius 2 is 1.85 bits per heavy atom. The van der Waals surface area contributed by atoms with E-state index >= 15 is 0 Å². The maximum Gasteiger partial charge on any atom is 0.263 e. The van der Waals surface area contributed by atoms with E-state index in [9.17, 15) is 13.7 Å².